The summed E-state index contributed by atoms with van der Waals surface area (Å²) >= 11 is 0. The van der Waals surface area contributed by atoms with Crippen LogP contribution in [-0.4, -0.2) is 34.6 Å². The molecule has 0 aliphatic rings. The molecule has 0 unspecified atom stereocenters. The van der Waals surface area contributed by atoms with Crippen LogP contribution in [0.3, 0.4) is 0 Å². The third-order valence-electron chi connectivity index (χ3n) is 2.54. The first-order valence-electron chi connectivity index (χ1n) is 5.35. The quantitative estimate of drug-likeness (QED) is 0.823. The van der Waals surface area contributed by atoms with Crippen LogP contribution in [0.4, 0.5) is 0 Å². The SMILES string of the molecule is CCCCN(C)C(=O)c1c(C)n[nH]c1C. The zero-order valence-electron chi connectivity index (χ0n) is 9.92. The lowest BCUT2D eigenvalue weighted by atomic mass is 10.1. The second-order valence-electron chi connectivity index (χ2n) is 3.89. The Morgan fingerprint density at radius 3 is 2.60 bits per heavy atom. The maximum absolute atomic E-state index is 12.0. The van der Waals surface area contributed by atoms with E-state index < -0.39 is 0 Å². The highest BCUT2D eigenvalue weighted by molar-refractivity contribution is 5.96. The minimum absolute atomic E-state index is 0.0622. The Bertz CT molecular complexity index is 324. The van der Waals surface area contributed by atoms with Crippen LogP contribution in [0.2, 0.25) is 0 Å². The highest BCUT2D eigenvalue weighted by atomic mass is 16.2. The highest BCUT2D eigenvalue weighted by Gasteiger charge is 2.18. The molecule has 1 aromatic heterocycles. The average molecular weight is 209 g/mol. The van der Waals surface area contributed by atoms with E-state index in [9.17, 15) is 4.79 Å². The van der Waals surface area contributed by atoms with Crippen molar-refractivity contribution in [2.24, 2.45) is 0 Å². The van der Waals surface area contributed by atoms with Gasteiger partial charge in [0.1, 0.15) is 0 Å². The number of carbonyl (C=O) groups excluding carboxylic acids is 1. The van der Waals surface area contributed by atoms with Gasteiger partial charge in [0.05, 0.1) is 11.3 Å². The molecule has 0 saturated carbocycles. The predicted molar refractivity (Wildman–Crippen MR) is 59.9 cm³/mol. The van der Waals surface area contributed by atoms with Crippen LogP contribution in [-0.2, 0) is 0 Å². The van der Waals surface area contributed by atoms with E-state index >= 15 is 0 Å². The van der Waals surface area contributed by atoms with Gasteiger partial charge in [-0.25, -0.2) is 0 Å². The molecule has 0 radical (unpaired) electrons. The predicted octanol–water partition coefficient (Wildman–Crippen LogP) is 1.90. The third kappa shape index (κ3) is 2.58. The number of nitrogens with zero attached hydrogens (tertiary/aromatic N) is 2. The summed E-state index contributed by atoms with van der Waals surface area (Å²) in [5.41, 5.74) is 2.34. The molecule has 0 bridgehead atoms. The summed E-state index contributed by atoms with van der Waals surface area (Å²) in [6.45, 7) is 6.65. The molecule has 15 heavy (non-hydrogen) atoms. The number of hydrogen-bond donors (Lipinski definition) is 1. The maximum atomic E-state index is 12.0. The van der Waals surface area contributed by atoms with E-state index in [0.717, 1.165) is 30.8 Å². The number of nitrogens with one attached hydrogen (secondary N) is 1. The number of aromatic nitrogens is 2. The van der Waals surface area contributed by atoms with Gasteiger partial charge in [-0.05, 0) is 20.3 Å². The number of hydrogen-bond acceptors (Lipinski definition) is 2. The molecule has 0 aliphatic carbocycles. The van der Waals surface area contributed by atoms with Crippen LogP contribution in [0.1, 0.15) is 41.5 Å². The van der Waals surface area contributed by atoms with Gasteiger partial charge in [-0.3, -0.25) is 9.89 Å². The molecule has 0 spiro atoms. The van der Waals surface area contributed by atoms with Crippen molar-refractivity contribution >= 4 is 5.91 Å². The molecule has 0 aliphatic heterocycles. The first kappa shape index (κ1) is 11.8. The number of rotatable bonds is 4. The van der Waals surface area contributed by atoms with Gasteiger partial charge in [-0.2, -0.15) is 5.10 Å². The Morgan fingerprint density at radius 1 is 1.47 bits per heavy atom. The minimum atomic E-state index is 0.0622. The molecular weight excluding hydrogens is 190 g/mol. The molecule has 4 nitrogen and oxygen atoms in total. The Kier molecular flexibility index (Phi) is 3.88. The maximum Gasteiger partial charge on any atom is 0.257 e. The van der Waals surface area contributed by atoms with E-state index in [1.54, 1.807) is 4.90 Å². The van der Waals surface area contributed by atoms with Crippen molar-refractivity contribution in [2.75, 3.05) is 13.6 Å². The molecular formula is C11H19N3O. The van der Waals surface area contributed by atoms with Crippen LogP contribution in [0.15, 0.2) is 0 Å². The van der Waals surface area contributed by atoms with Gasteiger partial charge in [-0.1, -0.05) is 13.3 Å². The highest BCUT2D eigenvalue weighted by Crippen LogP contribution is 2.12. The summed E-state index contributed by atoms with van der Waals surface area (Å²) in [4.78, 5) is 13.8. The van der Waals surface area contributed by atoms with Crippen molar-refractivity contribution in [3.63, 3.8) is 0 Å². The number of aryl methyl sites for hydroxylation is 2. The van der Waals surface area contributed by atoms with Gasteiger partial charge in [0, 0.05) is 19.3 Å². The van der Waals surface area contributed by atoms with Crippen LogP contribution >= 0.6 is 0 Å². The van der Waals surface area contributed by atoms with Crippen molar-refractivity contribution in [3.05, 3.63) is 17.0 Å². The zero-order valence-corrected chi connectivity index (χ0v) is 9.92. The molecule has 0 atom stereocenters. The molecule has 1 N–H and O–H groups in total. The van der Waals surface area contributed by atoms with E-state index in [0.29, 0.717) is 5.56 Å². The largest absolute Gasteiger partial charge is 0.342 e. The third-order valence-corrected chi connectivity index (χ3v) is 2.54. The molecule has 1 rings (SSSR count). The second kappa shape index (κ2) is 4.96. The summed E-state index contributed by atoms with van der Waals surface area (Å²) in [6, 6.07) is 0. The van der Waals surface area contributed by atoms with E-state index in [2.05, 4.69) is 17.1 Å². The second-order valence-corrected chi connectivity index (χ2v) is 3.89. The Labute approximate surface area is 90.7 Å². The van der Waals surface area contributed by atoms with Crippen LogP contribution in [0, 0.1) is 13.8 Å². The van der Waals surface area contributed by atoms with Gasteiger partial charge >= 0.3 is 0 Å². The minimum Gasteiger partial charge on any atom is -0.342 e. The van der Waals surface area contributed by atoms with Crippen molar-refractivity contribution in [2.45, 2.75) is 33.6 Å². The summed E-state index contributed by atoms with van der Waals surface area (Å²) < 4.78 is 0. The van der Waals surface area contributed by atoms with E-state index in [4.69, 9.17) is 0 Å². The molecule has 0 fully saturated rings. The molecule has 84 valence electrons. The van der Waals surface area contributed by atoms with E-state index in [1.165, 1.54) is 0 Å². The summed E-state index contributed by atoms with van der Waals surface area (Å²) in [5.74, 6) is 0.0622. The first-order chi connectivity index (χ1) is 7.07. The van der Waals surface area contributed by atoms with Crippen molar-refractivity contribution in [1.29, 1.82) is 0 Å². The Hall–Kier alpha value is -1.32. The molecule has 4 heteroatoms. The topological polar surface area (TPSA) is 49.0 Å². The summed E-state index contributed by atoms with van der Waals surface area (Å²) in [7, 11) is 1.84. The number of carbonyl (C=O) groups is 1. The first-order valence-corrected chi connectivity index (χ1v) is 5.35. The number of amides is 1. The lowest BCUT2D eigenvalue weighted by Gasteiger charge is -2.16. The smallest absolute Gasteiger partial charge is 0.257 e. The van der Waals surface area contributed by atoms with Gasteiger partial charge < -0.3 is 4.90 Å². The number of aromatic amines is 1. The fourth-order valence-electron chi connectivity index (χ4n) is 1.55. The fourth-order valence-corrected chi connectivity index (χ4v) is 1.55. The zero-order chi connectivity index (χ0) is 11.4. The monoisotopic (exact) mass is 209 g/mol. The van der Waals surface area contributed by atoms with Gasteiger partial charge in [0.15, 0.2) is 0 Å². The average Bonchev–Trinajstić information content (AvgIpc) is 2.54. The van der Waals surface area contributed by atoms with Crippen LogP contribution in [0.25, 0.3) is 0 Å². The molecule has 0 aromatic carbocycles. The van der Waals surface area contributed by atoms with Crippen molar-refractivity contribution < 1.29 is 4.79 Å². The standard InChI is InChI=1S/C11H19N3O/c1-5-6-7-14(4)11(15)10-8(2)12-13-9(10)3/h5-7H2,1-4H3,(H,12,13). The molecule has 1 heterocycles. The van der Waals surface area contributed by atoms with Crippen LogP contribution in [0.5, 0.6) is 0 Å². The van der Waals surface area contributed by atoms with Crippen molar-refractivity contribution in [3.8, 4) is 0 Å². The van der Waals surface area contributed by atoms with E-state index in [-0.39, 0.29) is 5.91 Å². The van der Waals surface area contributed by atoms with Crippen molar-refractivity contribution in [1.82, 2.24) is 15.1 Å². The summed E-state index contributed by atoms with van der Waals surface area (Å²) in [5, 5.41) is 6.86. The molecule has 1 amide bonds. The van der Waals surface area contributed by atoms with Crippen LogP contribution < -0.4 is 0 Å². The van der Waals surface area contributed by atoms with Gasteiger partial charge in [-0.15, -0.1) is 0 Å². The number of H-pyrrole nitrogens is 1. The number of unbranched alkanes of at least 4 members (excludes halogenated alkanes) is 1. The van der Waals surface area contributed by atoms with Gasteiger partial charge in [0.2, 0.25) is 0 Å². The Morgan fingerprint density at radius 2 is 2.13 bits per heavy atom. The normalized spacial score (nSPS) is 10.4. The Balaban J connectivity index is 2.76. The van der Waals surface area contributed by atoms with E-state index in [1.807, 2.05) is 20.9 Å². The fraction of sp³-hybridized carbons (Fsp3) is 0.636. The molecule has 1 aromatic rings. The lowest BCUT2D eigenvalue weighted by Crippen LogP contribution is -2.28. The summed E-state index contributed by atoms with van der Waals surface area (Å²) in [6.07, 6.45) is 2.14. The van der Waals surface area contributed by atoms with Gasteiger partial charge in [0.25, 0.3) is 5.91 Å². The molecule has 0 saturated heterocycles. The lowest BCUT2D eigenvalue weighted by molar-refractivity contribution is 0.0792.